The molecule has 0 fully saturated rings. The average Bonchev–Trinajstić information content (AvgIpc) is 2.56. The van der Waals surface area contributed by atoms with Crippen molar-refractivity contribution >= 4 is 33.8 Å². The molecular weight excluding hydrogens is 356 g/mol. The number of pyridine rings is 1. The number of benzene rings is 1. The lowest BCUT2D eigenvalue weighted by atomic mass is 10.3. The van der Waals surface area contributed by atoms with Gasteiger partial charge in [0.15, 0.2) is 0 Å². The maximum Gasteiger partial charge on any atom is 0.536 e. The molecule has 24 heavy (non-hydrogen) atoms. The summed E-state index contributed by atoms with van der Waals surface area (Å²) >= 11 is 5.71. The zero-order chi connectivity index (χ0) is 17.6. The largest absolute Gasteiger partial charge is 0.536 e. The number of nitrogens with zero attached hydrogens (tertiary/aromatic N) is 2. The van der Waals surface area contributed by atoms with E-state index in [-0.39, 0.29) is 4.90 Å². The standard InChI is InChI=1S/C15H13ClN2O5S/c1-11(24(20,21)14-6-4-13(16)5-7-14)22-15(19)23-18-10-12-3-2-8-17-9-12/h2-11H,1H3. The number of ether oxygens (including phenoxy) is 1. The summed E-state index contributed by atoms with van der Waals surface area (Å²) in [6.07, 6.45) is 3.09. The van der Waals surface area contributed by atoms with Crippen LogP contribution in [-0.4, -0.2) is 31.2 Å². The van der Waals surface area contributed by atoms with Crippen molar-refractivity contribution in [1.82, 2.24) is 4.98 Å². The van der Waals surface area contributed by atoms with Crippen molar-refractivity contribution < 1.29 is 22.8 Å². The van der Waals surface area contributed by atoms with Gasteiger partial charge in [0.25, 0.3) is 0 Å². The minimum Gasteiger partial charge on any atom is -0.413 e. The molecule has 1 unspecified atom stereocenters. The number of oxime groups is 1. The van der Waals surface area contributed by atoms with Gasteiger partial charge >= 0.3 is 6.16 Å². The van der Waals surface area contributed by atoms with Crippen LogP contribution in [0.3, 0.4) is 0 Å². The van der Waals surface area contributed by atoms with E-state index in [1.807, 2.05) is 0 Å². The van der Waals surface area contributed by atoms with Crippen LogP contribution >= 0.6 is 11.6 Å². The molecule has 0 saturated carbocycles. The first-order valence-corrected chi connectivity index (χ1v) is 8.62. The van der Waals surface area contributed by atoms with Gasteiger partial charge in [0, 0.05) is 23.0 Å². The van der Waals surface area contributed by atoms with E-state index in [0.717, 1.165) is 0 Å². The third-order valence-electron chi connectivity index (χ3n) is 2.85. The van der Waals surface area contributed by atoms with Crippen LogP contribution in [0.1, 0.15) is 12.5 Å². The van der Waals surface area contributed by atoms with E-state index in [1.165, 1.54) is 43.6 Å². The van der Waals surface area contributed by atoms with Crippen LogP contribution in [0.4, 0.5) is 4.79 Å². The van der Waals surface area contributed by atoms with E-state index in [2.05, 4.69) is 15.0 Å². The van der Waals surface area contributed by atoms with E-state index < -0.39 is 21.4 Å². The van der Waals surface area contributed by atoms with Crippen molar-refractivity contribution in [3.05, 3.63) is 59.4 Å². The Hall–Kier alpha value is -2.45. The summed E-state index contributed by atoms with van der Waals surface area (Å²) < 4.78 is 29.2. The van der Waals surface area contributed by atoms with Crippen LogP contribution in [0.2, 0.25) is 5.02 Å². The number of carbonyl (C=O) groups is 1. The fourth-order valence-electron chi connectivity index (χ4n) is 1.62. The van der Waals surface area contributed by atoms with Crippen LogP contribution in [-0.2, 0) is 19.4 Å². The molecule has 2 rings (SSSR count). The summed E-state index contributed by atoms with van der Waals surface area (Å²) in [5.74, 6) is 0. The minimum absolute atomic E-state index is 0.0222. The second-order valence-corrected chi connectivity index (χ2v) is 7.21. The molecule has 0 aliphatic rings. The summed E-state index contributed by atoms with van der Waals surface area (Å²) in [5, 5.41) is 3.80. The lowest BCUT2D eigenvalue weighted by molar-refractivity contribution is 0.0515. The van der Waals surface area contributed by atoms with Crippen LogP contribution in [0.25, 0.3) is 0 Å². The van der Waals surface area contributed by atoms with Crippen LogP contribution < -0.4 is 0 Å². The van der Waals surface area contributed by atoms with E-state index in [4.69, 9.17) is 16.3 Å². The van der Waals surface area contributed by atoms with E-state index in [1.54, 1.807) is 18.3 Å². The molecule has 0 aliphatic carbocycles. The smallest absolute Gasteiger partial charge is 0.413 e. The Morgan fingerprint density at radius 1 is 1.29 bits per heavy atom. The quantitative estimate of drug-likeness (QED) is 0.348. The molecule has 0 spiro atoms. The first-order chi connectivity index (χ1) is 11.4. The average molecular weight is 369 g/mol. The number of carbonyl (C=O) groups excluding carboxylic acids is 1. The van der Waals surface area contributed by atoms with Crippen molar-refractivity contribution in [3.8, 4) is 0 Å². The van der Waals surface area contributed by atoms with Crippen molar-refractivity contribution in [2.24, 2.45) is 5.16 Å². The van der Waals surface area contributed by atoms with Gasteiger partial charge in [-0.25, -0.2) is 13.2 Å². The molecule has 0 aliphatic heterocycles. The van der Waals surface area contributed by atoms with Crippen LogP contribution in [0.15, 0.2) is 58.8 Å². The first kappa shape index (κ1) is 17.9. The number of rotatable bonds is 5. The lowest BCUT2D eigenvalue weighted by Crippen LogP contribution is -2.24. The zero-order valence-electron chi connectivity index (χ0n) is 12.5. The van der Waals surface area contributed by atoms with Crippen molar-refractivity contribution in [3.63, 3.8) is 0 Å². The topological polar surface area (TPSA) is 94.9 Å². The Labute approximate surface area is 143 Å². The van der Waals surface area contributed by atoms with Crippen molar-refractivity contribution in [2.45, 2.75) is 17.3 Å². The Morgan fingerprint density at radius 2 is 2.00 bits per heavy atom. The molecule has 7 nitrogen and oxygen atoms in total. The van der Waals surface area contributed by atoms with Gasteiger partial charge in [-0.1, -0.05) is 22.8 Å². The highest BCUT2D eigenvalue weighted by atomic mass is 35.5. The Morgan fingerprint density at radius 3 is 2.62 bits per heavy atom. The summed E-state index contributed by atoms with van der Waals surface area (Å²) in [7, 11) is -3.87. The maximum atomic E-state index is 12.3. The van der Waals surface area contributed by atoms with Crippen LogP contribution in [0, 0.1) is 0 Å². The molecule has 1 heterocycles. The Bertz CT molecular complexity index is 823. The highest BCUT2D eigenvalue weighted by Gasteiger charge is 2.27. The fourth-order valence-corrected chi connectivity index (χ4v) is 2.85. The van der Waals surface area contributed by atoms with E-state index in [9.17, 15) is 13.2 Å². The molecule has 0 radical (unpaired) electrons. The summed E-state index contributed by atoms with van der Waals surface area (Å²) in [6, 6.07) is 8.88. The molecule has 1 aromatic heterocycles. The van der Waals surface area contributed by atoms with Gasteiger partial charge in [0.2, 0.25) is 15.3 Å². The molecule has 0 N–H and O–H groups in total. The van der Waals surface area contributed by atoms with Gasteiger partial charge in [-0.15, -0.1) is 0 Å². The molecule has 0 bridgehead atoms. The predicted molar refractivity (Wildman–Crippen MR) is 87.5 cm³/mol. The van der Waals surface area contributed by atoms with Gasteiger partial charge in [0.05, 0.1) is 11.1 Å². The fraction of sp³-hybridized carbons (Fsp3) is 0.133. The van der Waals surface area contributed by atoms with Gasteiger partial charge in [-0.05, 0) is 37.3 Å². The number of sulfone groups is 1. The molecule has 126 valence electrons. The molecule has 1 atom stereocenters. The molecule has 0 amide bonds. The van der Waals surface area contributed by atoms with Crippen molar-refractivity contribution in [1.29, 1.82) is 0 Å². The normalized spacial score (nSPS) is 12.8. The molecular formula is C15H13ClN2O5S. The predicted octanol–water partition coefficient (Wildman–Crippen LogP) is 3.04. The van der Waals surface area contributed by atoms with E-state index in [0.29, 0.717) is 10.6 Å². The van der Waals surface area contributed by atoms with Gasteiger partial charge < -0.3 is 4.74 Å². The van der Waals surface area contributed by atoms with Gasteiger partial charge in [0.1, 0.15) is 0 Å². The number of hydrogen-bond donors (Lipinski definition) is 0. The molecule has 9 heteroatoms. The third-order valence-corrected chi connectivity index (χ3v) is 5.01. The molecule has 0 saturated heterocycles. The summed E-state index contributed by atoms with van der Waals surface area (Å²) in [6.45, 7) is 1.22. The number of hydrogen-bond acceptors (Lipinski definition) is 7. The minimum atomic E-state index is -3.87. The first-order valence-electron chi connectivity index (χ1n) is 6.70. The van der Waals surface area contributed by atoms with Gasteiger partial charge in [-0.2, -0.15) is 0 Å². The summed E-state index contributed by atoms with van der Waals surface area (Å²) in [5.41, 5.74) is -0.841. The highest BCUT2D eigenvalue weighted by Crippen LogP contribution is 2.19. The molecule has 1 aromatic carbocycles. The second kappa shape index (κ2) is 7.89. The third kappa shape index (κ3) is 4.77. The Kier molecular flexibility index (Phi) is 5.88. The second-order valence-electron chi connectivity index (χ2n) is 4.55. The van der Waals surface area contributed by atoms with E-state index >= 15 is 0 Å². The van der Waals surface area contributed by atoms with Gasteiger partial charge in [-0.3, -0.25) is 9.82 Å². The lowest BCUT2D eigenvalue weighted by Gasteiger charge is -2.12. The van der Waals surface area contributed by atoms with Crippen molar-refractivity contribution in [2.75, 3.05) is 0 Å². The Balaban J connectivity index is 1.95. The molecule has 2 aromatic rings. The maximum absolute atomic E-state index is 12.3. The summed E-state index contributed by atoms with van der Waals surface area (Å²) in [4.78, 5) is 19.8. The number of aromatic nitrogens is 1. The van der Waals surface area contributed by atoms with Crippen LogP contribution in [0.5, 0.6) is 0 Å². The number of halogens is 1. The zero-order valence-corrected chi connectivity index (χ0v) is 14.1. The monoisotopic (exact) mass is 368 g/mol. The highest BCUT2D eigenvalue weighted by molar-refractivity contribution is 7.91. The SMILES string of the molecule is CC(OC(=O)ON=Cc1cccnc1)S(=O)(=O)c1ccc(Cl)cc1.